The van der Waals surface area contributed by atoms with E-state index in [-0.39, 0.29) is 12.0 Å². The molecule has 128 valence electrons. The van der Waals surface area contributed by atoms with Crippen LogP contribution in [-0.2, 0) is 0 Å². The molecule has 0 aliphatic heterocycles. The monoisotopic (exact) mass is 400 g/mol. The molecule has 6 heteroatoms. The number of nitrogens with one attached hydrogen (secondary N) is 1. The van der Waals surface area contributed by atoms with Crippen LogP contribution in [0.25, 0.3) is 0 Å². The number of thiocarbonyl (C=S) groups is 1. The average Bonchev–Trinajstić information content (AvgIpc) is 2.48. The maximum atomic E-state index is 12.4. The zero-order valence-electron chi connectivity index (χ0n) is 14.2. The van der Waals surface area contributed by atoms with Gasteiger partial charge in [-0.15, -0.1) is 0 Å². The maximum Gasteiger partial charge on any atom is 0.257 e. The van der Waals surface area contributed by atoms with E-state index in [4.69, 9.17) is 17.0 Å². The minimum absolute atomic E-state index is 0.0789. The van der Waals surface area contributed by atoms with Crippen LogP contribution >= 0.6 is 28.1 Å². The molecular weight excluding hydrogens is 376 g/mol. The molecule has 0 radical (unpaired) electrons. The van der Waals surface area contributed by atoms with Gasteiger partial charge in [-0.05, 0) is 73.0 Å². The second-order valence-corrected chi connectivity index (χ2v) is 6.80. The lowest BCUT2D eigenvalue weighted by molar-refractivity contribution is 0.0973. The van der Waals surface area contributed by atoms with Crippen molar-refractivity contribution < 1.29 is 9.53 Å². The third-order valence-electron chi connectivity index (χ3n) is 3.05. The lowest BCUT2D eigenvalue weighted by Gasteiger charge is -2.24. The standard InChI is InChI=1S/C17H25BrN2O2S/c1-5-9-20(10-6-2)17(23)19-16(21)13-7-8-15(14(18)11-13)22-12(3)4/h7-8,11-12H,5-6,9-10H2,1-4H3,(H,19,21,23). The lowest BCUT2D eigenvalue weighted by Crippen LogP contribution is -2.43. The number of carbonyl (C=O) groups excluding carboxylic acids is 1. The molecule has 1 rings (SSSR count). The first kappa shape index (κ1) is 19.9. The SMILES string of the molecule is CCCN(CCC)C(=S)NC(=O)c1ccc(OC(C)C)c(Br)c1. The second kappa shape index (κ2) is 9.88. The Balaban J connectivity index is 2.77. The number of rotatable bonds is 7. The molecule has 0 aliphatic carbocycles. The molecule has 0 bridgehead atoms. The van der Waals surface area contributed by atoms with Crippen LogP contribution in [0.4, 0.5) is 0 Å². The topological polar surface area (TPSA) is 41.6 Å². The molecule has 0 aromatic heterocycles. The first-order valence-electron chi connectivity index (χ1n) is 7.95. The summed E-state index contributed by atoms with van der Waals surface area (Å²) in [4.78, 5) is 14.4. The molecule has 0 aliphatic rings. The van der Waals surface area contributed by atoms with Crippen molar-refractivity contribution in [2.24, 2.45) is 0 Å². The van der Waals surface area contributed by atoms with Crippen molar-refractivity contribution in [1.29, 1.82) is 0 Å². The summed E-state index contributed by atoms with van der Waals surface area (Å²) in [6, 6.07) is 5.28. The number of carbonyl (C=O) groups is 1. The van der Waals surface area contributed by atoms with Gasteiger partial charge in [0.2, 0.25) is 0 Å². The Morgan fingerprint density at radius 2 is 1.91 bits per heavy atom. The van der Waals surface area contributed by atoms with E-state index in [1.807, 2.05) is 18.7 Å². The average molecular weight is 401 g/mol. The van der Waals surface area contributed by atoms with E-state index in [9.17, 15) is 4.79 Å². The lowest BCUT2D eigenvalue weighted by atomic mass is 10.2. The van der Waals surface area contributed by atoms with E-state index >= 15 is 0 Å². The van der Waals surface area contributed by atoms with Crippen molar-refractivity contribution in [3.8, 4) is 5.75 Å². The van der Waals surface area contributed by atoms with Crippen molar-refractivity contribution in [1.82, 2.24) is 10.2 Å². The zero-order chi connectivity index (χ0) is 17.4. The first-order chi connectivity index (χ1) is 10.9. The summed E-state index contributed by atoms with van der Waals surface area (Å²) >= 11 is 8.80. The van der Waals surface area contributed by atoms with E-state index in [0.29, 0.717) is 10.7 Å². The van der Waals surface area contributed by atoms with Crippen LogP contribution in [0.5, 0.6) is 5.75 Å². The van der Waals surface area contributed by atoms with Gasteiger partial charge < -0.3 is 9.64 Å². The molecule has 23 heavy (non-hydrogen) atoms. The van der Waals surface area contributed by atoms with Gasteiger partial charge >= 0.3 is 0 Å². The Morgan fingerprint density at radius 3 is 2.39 bits per heavy atom. The Bertz CT molecular complexity index is 543. The number of halogens is 1. The number of amides is 1. The molecule has 0 spiro atoms. The van der Waals surface area contributed by atoms with Gasteiger partial charge in [-0.1, -0.05) is 13.8 Å². The highest BCUT2D eigenvalue weighted by molar-refractivity contribution is 9.10. The highest BCUT2D eigenvalue weighted by Crippen LogP contribution is 2.26. The van der Waals surface area contributed by atoms with E-state index < -0.39 is 0 Å². The molecule has 1 aromatic rings. The Kier molecular flexibility index (Phi) is 8.55. The number of ether oxygens (including phenoxy) is 1. The molecule has 0 atom stereocenters. The van der Waals surface area contributed by atoms with Crippen LogP contribution in [0, 0.1) is 0 Å². The van der Waals surface area contributed by atoms with E-state index in [1.54, 1.807) is 18.2 Å². The second-order valence-electron chi connectivity index (χ2n) is 5.56. The first-order valence-corrected chi connectivity index (χ1v) is 9.15. The molecule has 1 aromatic carbocycles. The molecular formula is C17H25BrN2O2S. The quantitative estimate of drug-likeness (QED) is 0.689. The van der Waals surface area contributed by atoms with Crippen molar-refractivity contribution >= 4 is 39.2 Å². The van der Waals surface area contributed by atoms with Gasteiger partial charge in [0.05, 0.1) is 10.6 Å². The normalized spacial score (nSPS) is 10.5. The summed E-state index contributed by atoms with van der Waals surface area (Å²) < 4.78 is 6.40. The van der Waals surface area contributed by atoms with Crippen LogP contribution in [0.1, 0.15) is 50.9 Å². The van der Waals surface area contributed by atoms with Crippen molar-refractivity contribution in [2.45, 2.75) is 46.6 Å². The van der Waals surface area contributed by atoms with Crippen LogP contribution in [0.2, 0.25) is 0 Å². The van der Waals surface area contributed by atoms with Crippen molar-refractivity contribution in [2.75, 3.05) is 13.1 Å². The summed E-state index contributed by atoms with van der Waals surface area (Å²) in [6.07, 6.45) is 2.06. The molecule has 0 heterocycles. The highest BCUT2D eigenvalue weighted by Gasteiger charge is 2.14. The molecule has 1 amide bonds. The Labute approximate surface area is 152 Å². The third kappa shape index (κ3) is 6.47. The predicted octanol–water partition coefficient (Wildman–Crippen LogP) is 4.37. The maximum absolute atomic E-state index is 12.4. The van der Waals surface area contributed by atoms with Gasteiger partial charge in [0.25, 0.3) is 5.91 Å². The minimum Gasteiger partial charge on any atom is -0.490 e. The smallest absolute Gasteiger partial charge is 0.257 e. The van der Waals surface area contributed by atoms with E-state index in [0.717, 1.165) is 36.2 Å². The highest BCUT2D eigenvalue weighted by atomic mass is 79.9. The predicted molar refractivity (Wildman–Crippen MR) is 102 cm³/mol. The molecule has 0 unspecified atom stereocenters. The van der Waals surface area contributed by atoms with Crippen LogP contribution in [-0.4, -0.2) is 35.1 Å². The number of hydrogen-bond acceptors (Lipinski definition) is 3. The Hall–Kier alpha value is -1.14. The summed E-state index contributed by atoms with van der Waals surface area (Å²) in [6.45, 7) is 9.80. The minimum atomic E-state index is -0.205. The van der Waals surface area contributed by atoms with Crippen molar-refractivity contribution in [3.63, 3.8) is 0 Å². The van der Waals surface area contributed by atoms with Crippen LogP contribution in [0.15, 0.2) is 22.7 Å². The largest absolute Gasteiger partial charge is 0.490 e. The number of hydrogen-bond donors (Lipinski definition) is 1. The molecule has 0 saturated carbocycles. The fourth-order valence-corrected chi connectivity index (χ4v) is 2.84. The molecule has 1 N–H and O–H groups in total. The molecule has 4 nitrogen and oxygen atoms in total. The number of benzene rings is 1. The summed E-state index contributed by atoms with van der Waals surface area (Å²) in [7, 11) is 0. The third-order valence-corrected chi connectivity index (χ3v) is 4.03. The van der Waals surface area contributed by atoms with Crippen LogP contribution < -0.4 is 10.1 Å². The van der Waals surface area contributed by atoms with Crippen molar-refractivity contribution in [3.05, 3.63) is 28.2 Å². The van der Waals surface area contributed by atoms with Gasteiger partial charge in [0, 0.05) is 18.7 Å². The van der Waals surface area contributed by atoms with Gasteiger partial charge in [-0.3, -0.25) is 10.1 Å². The van der Waals surface area contributed by atoms with Gasteiger partial charge in [-0.2, -0.15) is 0 Å². The van der Waals surface area contributed by atoms with Gasteiger partial charge in [0.15, 0.2) is 5.11 Å². The summed E-state index contributed by atoms with van der Waals surface area (Å²) in [5.41, 5.74) is 0.545. The van der Waals surface area contributed by atoms with E-state index in [1.165, 1.54) is 0 Å². The molecule has 0 saturated heterocycles. The van der Waals surface area contributed by atoms with Gasteiger partial charge in [-0.25, -0.2) is 0 Å². The molecule has 0 fully saturated rings. The number of nitrogens with zero attached hydrogens (tertiary/aromatic N) is 1. The Morgan fingerprint density at radius 1 is 1.30 bits per heavy atom. The fourth-order valence-electron chi connectivity index (χ4n) is 2.09. The summed E-state index contributed by atoms with van der Waals surface area (Å²) in [5.74, 6) is 0.515. The van der Waals surface area contributed by atoms with Crippen LogP contribution in [0.3, 0.4) is 0 Å². The van der Waals surface area contributed by atoms with E-state index in [2.05, 4.69) is 35.1 Å². The van der Waals surface area contributed by atoms with Gasteiger partial charge in [0.1, 0.15) is 5.75 Å². The zero-order valence-corrected chi connectivity index (χ0v) is 16.6. The summed E-state index contributed by atoms with van der Waals surface area (Å²) in [5, 5.41) is 3.29. The fraction of sp³-hybridized carbons (Fsp3) is 0.529.